The largest absolute Gasteiger partial charge is 0.346 e. The van der Waals surface area contributed by atoms with Crippen LogP contribution in [0.2, 0.25) is 0 Å². The molecule has 1 heterocycles. The van der Waals surface area contributed by atoms with Crippen molar-refractivity contribution in [2.45, 2.75) is 0 Å². The molecule has 0 unspecified atom stereocenters. The van der Waals surface area contributed by atoms with Gasteiger partial charge >= 0.3 is 6.03 Å². The molecular formula is C10H7FN3O. The van der Waals surface area contributed by atoms with Crippen LogP contribution in [-0.4, -0.2) is 15.8 Å². The van der Waals surface area contributed by atoms with Gasteiger partial charge in [0.05, 0.1) is 5.69 Å². The van der Waals surface area contributed by atoms with Crippen molar-refractivity contribution in [1.29, 1.82) is 0 Å². The molecule has 0 saturated carbocycles. The highest BCUT2D eigenvalue weighted by Crippen LogP contribution is 2.12. The van der Waals surface area contributed by atoms with Crippen LogP contribution in [0.1, 0.15) is 0 Å². The highest BCUT2D eigenvalue weighted by molar-refractivity contribution is 5.90. The lowest BCUT2D eigenvalue weighted by atomic mass is 10.3. The molecular weight excluding hydrogens is 197 g/mol. The van der Waals surface area contributed by atoms with E-state index in [4.69, 9.17) is 0 Å². The molecule has 0 spiro atoms. The van der Waals surface area contributed by atoms with Crippen molar-refractivity contribution in [3.8, 4) is 0 Å². The van der Waals surface area contributed by atoms with Gasteiger partial charge in [0.1, 0.15) is 12.0 Å². The van der Waals surface area contributed by atoms with E-state index >= 15 is 0 Å². The molecule has 0 fully saturated rings. The third-order valence-electron chi connectivity index (χ3n) is 1.78. The Morgan fingerprint density at radius 2 is 2.27 bits per heavy atom. The van der Waals surface area contributed by atoms with Gasteiger partial charge < -0.3 is 5.32 Å². The first-order chi connectivity index (χ1) is 7.27. The Labute approximate surface area is 85.3 Å². The summed E-state index contributed by atoms with van der Waals surface area (Å²) >= 11 is 0. The molecule has 4 nitrogen and oxygen atoms in total. The first kappa shape index (κ1) is 9.39. The number of para-hydroxylation sites is 1. The number of anilines is 1. The number of nitrogens with zero attached hydrogens (tertiary/aromatic N) is 2. The number of carbonyl (C=O) groups is 1. The Kier molecular flexibility index (Phi) is 2.45. The minimum atomic E-state index is -0.527. The van der Waals surface area contributed by atoms with Crippen LogP contribution in [0, 0.1) is 12.0 Å². The summed E-state index contributed by atoms with van der Waals surface area (Å²) < 4.78 is 14.2. The quantitative estimate of drug-likeness (QED) is 0.771. The SMILES string of the molecule is O=C(Nc1ccccc1F)n1cc[c]n1. The minimum Gasteiger partial charge on any atom is -0.303 e. The molecule has 1 aromatic heterocycles. The second kappa shape index (κ2) is 3.91. The molecule has 1 radical (unpaired) electrons. The number of nitrogens with one attached hydrogen (secondary N) is 1. The van der Waals surface area contributed by atoms with Gasteiger partial charge in [0.25, 0.3) is 0 Å². The molecule has 1 amide bonds. The Morgan fingerprint density at radius 1 is 1.47 bits per heavy atom. The number of rotatable bonds is 1. The van der Waals surface area contributed by atoms with E-state index in [1.165, 1.54) is 24.4 Å². The molecule has 0 aliphatic heterocycles. The molecule has 0 aliphatic carbocycles. The van der Waals surface area contributed by atoms with Crippen LogP contribution in [0.4, 0.5) is 14.9 Å². The predicted molar refractivity (Wildman–Crippen MR) is 51.9 cm³/mol. The predicted octanol–water partition coefficient (Wildman–Crippen LogP) is 1.90. The second-order valence-electron chi connectivity index (χ2n) is 2.80. The van der Waals surface area contributed by atoms with Gasteiger partial charge in [0.2, 0.25) is 0 Å². The zero-order valence-corrected chi connectivity index (χ0v) is 7.64. The van der Waals surface area contributed by atoms with Crippen molar-refractivity contribution in [2.75, 3.05) is 5.32 Å². The van der Waals surface area contributed by atoms with Crippen LogP contribution in [0.15, 0.2) is 36.5 Å². The summed E-state index contributed by atoms with van der Waals surface area (Å²) in [6.07, 6.45) is 3.90. The number of halogens is 1. The molecule has 0 atom stereocenters. The summed E-state index contributed by atoms with van der Waals surface area (Å²) in [5.41, 5.74) is 0.123. The van der Waals surface area contributed by atoms with Gasteiger partial charge in [0.15, 0.2) is 0 Å². The lowest BCUT2D eigenvalue weighted by Crippen LogP contribution is -2.20. The summed E-state index contributed by atoms with van der Waals surface area (Å²) in [6, 6.07) is 6.88. The van der Waals surface area contributed by atoms with Crippen LogP contribution in [0.5, 0.6) is 0 Å². The molecule has 5 heteroatoms. The average Bonchev–Trinajstić information content (AvgIpc) is 2.74. The molecule has 0 bridgehead atoms. The molecule has 75 valence electrons. The van der Waals surface area contributed by atoms with Gasteiger partial charge in [-0.05, 0) is 18.2 Å². The number of hydrogen-bond donors (Lipinski definition) is 1. The zero-order valence-electron chi connectivity index (χ0n) is 7.64. The van der Waals surface area contributed by atoms with Crippen LogP contribution >= 0.6 is 0 Å². The standard InChI is InChI=1S/C10H7FN3O/c11-8-4-1-2-5-9(8)13-10(15)14-7-3-6-12-14/h1-5,7H,(H,13,15). The van der Waals surface area contributed by atoms with Crippen molar-refractivity contribution >= 4 is 11.7 Å². The second-order valence-corrected chi connectivity index (χ2v) is 2.80. The van der Waals surface area contributed by atoms with E-state index < -0.39 is 11.8 Å². The monoisotopic (exact) mass is 204 g/mol. The first-order valence-corrected chi connectivity index (χ1v) is 4.25. The highest BCUT2D eigenvalue weighted by atomic mass is 19.1. The Bertz CT molecular complexity index is 467. The maximum absolute atomic E-state index is 13.1. The lowest BCUT2D eigenvalue weighted by Gasteiger charge is -2.04. The zero-order chi connectivity index (χ0) is 10.7. The normalized spacial score (nSPS) is 9.93. The Morgan fingerprint density at radius 3 is 2.93 bits per heavy atom. The first-order valence-electron chi connectivity index (χ1n) is 4.25. The van der Waals surface area contributed by atoms with Crippen molar-refractivity contribution in [2.24, 2.45) is 0 Å². The van der Waals surface area contributed by atoms with Crippen LogP contribution in [0.25, 0.3) is 0 Å². The smallest absolute Gasteiger partial charge is 0.303 e. The third-order valence-corrected chi connectivity index (χ3v) is 1.78. The van der Waals surface area contributed by atoms with Crippen molar-refractivity contribution in [3.63, 3.8) is 0 Å². The molecule has 1 aromatic carbocycles. The summed E-state index contributed by atoms with van der Waals surface area (Å²) in [5, 5.41) is 5.98. The maximum Gasteiger partial charge on any atom is 0.346 e. The average molecular weight is 204 g/mol. The van der Waals surface area contributed by atoms with Gasteiger partial charge in [-0.2, -0.15) is 9.78 Å². The van der Waals surface area contributed by atoms with E-state index in [2.05, 4.69) is 16.6 Å². The van der Waals surface area contributed by atoms with Crippen LogP contribution in [-0.2, 0) is 0 Å². The molecule has 2 aromatic rings. The lowest BCUT2D eigenvalue weighted by molar-refractivity contribution is 0.251. The van der Waals surface area contributed by atoms with Crippen LogP contribution < -0.4 is 5.32 Å². The fourth-order valence-electron chi connectivity index (χ4n) is 1.08. The molecule has 15 heavy (non-hydrogen) atoms. The minimum absolute atomic E-state index is 0.123. The van der Waals surface area contributed by atoms with Gasteiger partial charge in [-0.1, -0.05) is 12.1 Å². The number of amides is 1. The van der Waals surface area contributed by atoms with E-state index in [-0.39, 0.29) is 5.69 Å². The third kappa shape index (κ3) is 2.01. The number of hydrogen-bond acceptors (Lipinski definition) is 2. The Hall–Kier alpha value is -2.17. The van der Waals surface area contributed by atoms with Gasteiger partial charge in [-0.15, -0.1) is 0 Å². The van der Waals surface area contributed by atoms with Gasteiger partial charge in [-0.3, -0.25) is 0 Å². The van der Waals surface area contributed by atoms with E-state index in [9.17, 15) is 9.18 Å². The van der Waals surface area contributed by atoms with Gasteiger partial charge in [0, 0.05) is 6.20 Å². The summed E-state index contributed by atoms with van der Waals surface area (Å²) in [5.74, 6) is -0.484. The molecule has 1 N–H and O–H groups in total. The fourth-order valence-corrected chi connectivity index (χ4v) is 1.08. The Balaban J connectivity index is 2.17. The van der Waals surface area contributed by atoms with Crippen molar-refractivity contribution in [3.05, 3.63) is 48.5 Å². The van der Waals surface area contributed by atoms with E-state index in [1.807, 2.05) is 0 Å². The molecule has 2 rings (SSSR count). The van der Waals surface area contributed by atoms with Gasteiger partial charge in [-0.25, -0.2) is 9.18 Å². The molecule has 0 aliphatic rings. The van der Waals surface area contributed by atoms with E-state index in [0.717, 1.165) is 4.68 Å². The number of benzene rings is 1. The number of aromatic nitrogens is 2. The van der Waals surface area contributed by atoms with E-state index in [1.54, 1.807) is 12.1 Å². The van der Waals surface area contributed by atoms with Crippen molar-refractivity contribution < 1.29 is 9.18 Å². The van der Waals surface area contributed by atoms with Crippen LogP contribution in [0.3, 0.4) is 0 Å². The fraction of sp³-hybridized carbons (Fsp3) is 0. The summed E-state index contributed by atoms with van der Waals surface area (Å²) in [7, 11) is 0. The maximum atomic E-state index is 13.1. The molecule has 0 saturated heterocycles. The number of carbonyl (C=O) groups excluding carboxylic acids is 1. The summed E-state index contributed by atoms with van der Waals surface area (Å²) in [4.78, 5) is 11.4. The summed E-state index contributed by atoms with van der Waals surface area (Å²) in [6.45, 7) is 0. The highest BCUT2D eigenvalue weighted by Gasteiger charge is 2.07. The topological polar surface area (TPSA) is 46.9 Å². The van der Waals surface area contributed by atoms with E-state index in [0.29, 0.717) is 0 Å². The van der Waals surface area contributed by atoms with Crippen molar-refractivity contribution in [1.82, 2.24) is 9.78 Å².